The number of furan rings is 1. The van der Waals surface area contributed by atoms with Crippen LogP contribution in [0.1, 0.15) is 16.1 Å². The van der Waals surface area contributed by atoms with Crippen LogP contribution in [-0.2, 0) is 16.1 Å². The number of halogens is 2. The van der Waals surface area contributed by atoms with Crippen molar-refractivity contribution in [1.29, 1.82) is 0 Å². The fraction of sp³-hybridized carbons (Fsp3) is 0.292. The smallest absolute Gasteiger partial charge is 0.339 e. The third kappa shape index (κ3) is 8.02. The fourth-order valence-corrected chi connectivity index (χ4v) is 3.62. The van der Waals surface area contributed by atoms with Gasteiger partial charge in [-0.05, 0) is 36.4 Å². The van der Waals surface area contributed by atoms with Crippen molar-refractivity contribution in [3.05, 3.63) is 70.2 Å². The molecule has 3 rings (SSSR count). The zero-order chi connectivity index (χ0) is 25.9. The number of ether oxygens (including phenoxy) is 1. The highest BCUT2D eigenvalue weighted by molar-refractivity contribution is 6.35. The summed E-state index contributed by atoms with van der Waals surface area (Å²) in [5.41, 5.74) is 0.661. The molecule has 0 saturated carbocycles. The van der Waals surface area contributed by atoms with Crippen LogP contribution in [0.2, 0.25) is 10.0 Å². The third-order valence-corrected chi connectivity index (χ3v) is 5.58. The molecule has 2 aromatic heterocycles. The number of carbonyl (C=O) groups excluding carboxylic acids is 1. The minimum atomic E-state index is -1.20. The average molecular weight is 537 g/mol. The summed E-state index contributed by atoms with van der Waals surface area (Å²) in [6, 6.07) is 9.26. The first kappa shape index (κ1) is 27.6. The number of nitrogens with zero attached hydrogens (tertiary/aromatic N) is 1. The van der Waals surface area contributed by atoms with Gasteiger partial charge in [0.2, 0.25) is 5.91 Å². The standard InChI is InChI=1S/C24H26Cl2N4O6/c25-15-1-3-19(26)17(11-15)22-4-2-16(36-22)12-29-21(14-28-7-9-35-10-8-31)23(32)30-20-5-6-27-13-18(20)24(33)34/h1-6,11,13,21,28-29,31H,7-10,12,14H2,(H,33,34)(H,27,30,32). The molecule has 0 bridgehead atoms. The lowest BCUT2D eigenvalue weighted by molar-refractivity contribution is -0.118. The molecule has 0 spiro atoms. The molecule has 0 fully saturated rings. The van der Waals surface area contributed by atoms with Gasteiger partial charge in [0, 0.05) is 36.1 Å². The summed E-state index contributed by atoms with van der Waals surface area (Å²) in [5.74, 6) is -0.565. The van der Waals surface area contributed by atoms with Crippen LogP contribution in [0.3, 0.4) is 0 Å². The van der Waals surface area contributed by atoms with Crippen LogP contribution in [0.25, 0.3) is 11.3 Å². The molecule has 1 unspecified atom stereocenters. The molecule has 1 aromatic carbocycles. The summed E-state index contributed by atoms with van der Waals surface area (Å²) in [4.78, 5) is 28.3. The summed E-state index contributed by atoms with van der Waals surface area (Å²) in [5, 5.41) is 28.0. The van der Waals surface area contributed by atoms with Gasteiger partial charge >= 0.3 is 5.97 Å². The Balaban J connectivity index is 1.67. The van der Waals surface area contributed by atoms with Gasteiger partial charge in [-0.1, -0.05) is 23.2 Å². The van der Waals surface area contributed by atoms with Gasteiger partial charge in [0.1, 0.15) is 17.1 Å². The molecule has 10 nitrogen and oxygen atoms in total. The number of aromatic carboxylic acids is 1. The molecule has 3 aromatic rings. The Bertz CT molecular complexity index is 1170. The van der Waals surface area contributed by atoms with E-state index in [9.17, 15) is 14.7 Å². The highest BCUT2D eigenvalue weighted by Gasteiger charge is 2.21. The lowest BCUT2D eigenvalue weighted by Gasteiger charge is -2.19. The average Bonchev–Trinajstić information content (AvgIpc) is 3.33. The van der Waals surface area contributed by atoms with Crippen LogP contribution in [0, 0.1) is 0 Å². The number of benzene rings is 1. The molecular weight excluding hydrogens is 511 g/mol. The first-order valence-electron chi connectivity index (χ1n) is 11.0. The van der Waals surface area contributed by atoms with Crippen LogP contribution in [0.15, 0.2) is 53.2 Å². The number of aromatic nitrogens is 1. The number of carbonyl (C=O) groups is 2. The van der Waals surface area contributed by atoms with Gasteiger partial charge in [-0.2, -0.15) is 0 Å². The van der Waals surface area contributed by atoms with E-state index in [0.717, 1.165) is 0 Å². The lowest BCUT2D eigenvalue weighted by Crippen LogP contribution is -2.47. The van der Waals surface area contributed by atoms with Crippen LogP contribution in [0.4, 0.5) is 5.69 Å². The second kappa shape index (κ2) is 13.9. The van der Waals surface area contributed by atoms with E-state index in [4.69, 9.17) is 37.5 Å². The minimum absolute atomic E-state index is 0.0734. The Morgan fingerprint density at radius 2 is 1.97 bits per heavy atom. The number of aliphatic hydroxyl groups is 1. The quantitative estimate of drug-likeness (QED) is 0.196. The Kier molecular flexibility index (Phi) is 10.7. The van der Waals surface area contributed by atoms with Gasteiger partial charge in [-0.15, -0.1) is 0 Å². The summed E-state index contributed by atoms with van der Waals surface area (Å²) in [6.07, 6.45) is 2.56. The Hall–Kier alpha value is -2.99. The highest BCUT2D eigenvalue weighted by Crippen LogP contribution is 2.31. The minimum Gasteiger partial charge on any atom is -0.478 e. The first-order chi connectivity index (χ1) is 17.4. The monoisotopic (exact) mass is 536 g/mol. The van der Waals surface area contributed by atoms with E-state index in [-0.39, 0.29) is 37.6 Å². The molecule has 0 radical (unpaired) electrons. The molecule has 36 heavy (non-hydrogen) atoms. The van der Waals surface area contributed by atoms with Crippen molar-refractivity contribution in [3.8, 4) is 11.3 Å². The van der Waals surface area contributed by atoms with Crippen molar-refractivity contribution >= 4 is 40.8 Å². The summed E-state index contributed by atoms with van der Waals surface area (Å²) < 4.78 is 11.1. The van der Waals surface area contributed by atoms with Crippen molar-refractivity contribution in [2.24, 2.45) is 0 Å². The van der Waals surface area contributed by atoms with Crippen molar-refractivity contribution in [2.45, 2.75) is 12.6 Å². The lowest BCUT2D eigenvalue weighted by atomic mass is 10.2. The van der Waals surface area contributed by atoms with Crippen LogP contribution < -0.4 is 16.0 Å². The van der Waals surface area contributed by atoms with Gasteiger partial charge in [-0.25, -0.2) is 4.79 Å². The van der Waals surface area contributed by atoms with Crippen LogP contribution in [0.5, 0.6) is 0 Å². The SMILES string of the molecule is O=C(O)c1cnccc1NC(=O)C(CNCCOCCO)NCc1ccc(-c2cc(Cl)ccc2Cl)o1. The number of pyridine rings is 1. The molecule has 0 aliphatic rings. The maximum atomic E-state index is 13.0. The summed E-state index contributed by atoms with van der Waals surface area (Å²) >= 11 is 12.3. The van der Waals surface area contributed by atoms with E-state index >= 15 is 0 Å². The Morgan fingerprint density at radius 3 is 2.75 bits per heavy atom. The van der Waals surface area contributed by atoms with Gasteiger partial charge in [0.05, 0.1) is 43.1 Å². The molecule has 0 saturated heterocycles. The van der Waals surface area contributed by atoms with Gasteiger partial charge in [0.25, 0.3) is 0 Å². The maximum absolute atomic E-state index is 13.0. The molecule has 0 aliphatic carbocycles. The van der Waals surface area contributed by atoms with Gasteiger partial charge in [0.15, 0.2) is 0 Å². The zero-order valence-electron chi connectivity index (χ0n) is 19.2. The van der Waals surface area contributed by atoms with Crippen LogP contribution in [-0.4, -0.2) is 66.0 Å². The number of carboxylic acid groups (broad SMARTS) is 1. The predicted octanol–water partition coefficient (Wildman–Crippen LogP) is 3.04. The summed E-state index contributed by atoms with van der Waals surface area (Å²) in [6.45, 7) is 1.37. The summed E-state index contributed by atoms with van der Waals surface area (Å²) in [7, 11) is 0. The number of hydrogen-bond acceptors (Lipinski definition) is 8. The predicted molar refractivity (Wildman–Crippen MR) is 135 cm³/mol. The van der Waals surface area contributed by atoms with E-state index in [1.165, 1.54) is 18.5 Å². The van der Waals surface area contributed by atoms with E-state index in [2.05, 4.69) is 20.9 Å². The second-order valence-electron chi connectivity index (χ2n) is 7.58. The second-order valence-corrected chi connectivity index (χ2v) is 8.42. The number of nitrogens with one attached hydrogen (secondary N) is 3. The number of rotatable bonds is 14. The number of anilines is 1. The van der Waals surface area contributed by atoms with Crippen molar-refractivity contribution < 1.29 is 29.0 Å². The Morgan fingerprint density at radius 1 is 1.14 bits per heavy atom. The fourth-order valence-electron chi connectivity index (χ4n) is 3.24. The van der Waals surface area contributed by atoms with Crippen molar-refractivity contribution in [3.63, 3.8) is 0 Å². The van der Waals surface area contributed by atoms with E-state index in [1.807, 2.05) is 0 Å². The Labute approximate surface area is 217 Å². The largest absolute Gasteiger partial charge is 0.478 e. The molecule has 2 heterocycles. The van der Waals surface area contributed by atoms with Crippen LogP contribution >= 0.6 is 23.2 Å². The van der Waals surface area contributed by atoms with E-state index in [0.29, 0.717) is 40.3 Å². The molecule has 192 valence electrons. The van der Waals surface area contributed by atoms with E-state index in [1.54, 1.807) is 30.3 Å². The normalized spacial score (nSPS) is 11.9. The third-order valence-electron chi connectivity index (χ3n) is 5.01. The number of aliphatic hydroxyl groups excluding tert-OH is 1. The van der Waals surface area contributed by atoms with Gasteiger partial charge in [-0.3, -0.25) is 15.1 Å². The molecule has 5 N–H and O–H groups in total. The number of hydrogen-bond donors (Lipinski definition) is 5. The highest BCUT2D eigenvalue weighted by atomic mass is 35.5. The molecule has 0 aliphatic heterocycles. The molecule has 1 amide bonds. The van der Waals surface area contributed by atoms with Crippen molar-refractivity contribution in [1.82, 2.24) is 15.6 Å². The first-order valence-corrected chi connectivity index (χ1v) is 11.8. The number of carboxylic acids is 1. The molecule has 1 atom stereocenters. The van der Waals surface area contributed by atoms with E-state index < -0.39 is 17.9 Å². The molecular formula is C24H26Cl2N4O6. The topological polar surface area (TPSA) is 146 Å². The number of amides is 1. The van der Waals surface area contributed by atoms with Gasteiger partial charge < -0.3 is 30.0 Å². The molecule has 12 heteroatoms. The zero-order valence-corrected chi connectivity index (χ0v) is 20.7. The maximum Gasteiger partial charge on any atom is 0.339 e. The van der Waals surface area contributed by atoms with Crippen molar-refractivity contribution in [2.75, 3.05) is 38.2 Å².